The Morgan fingerprint density at radius 2 is 2.15 bits per heavy atom. The molecule has 0 aliphatic carbocycles. The third-order valence-corrected chi connectivity index (χ3v) is 1.41. The number of hydrogen-bond donors (Lipinski definition) is 1. The fourth-order valence-electron chi connectivity index (χ4n) is 0.728. The first-order valence-electron chi connectivity index (χ1n) is 4.10. The maximum atomic E-state index is 11.0. The van der Waals surface area contributed by atoms with Gasteiger partial charge in [-0.1, -0.05) is 19.9 Å². The molecule has 0 bridgehead atoms. The highest BCUT2D eigenvalue weighted by Crippen LogP contribution is 2.03. The van der Waals surface area contributed by atoms with Gasteiger partial charge in [-0.25, -0.2) is 4.79 Å². The van der Waals surface area contributed by atoms with Crippen LogP contribution in [0.1, 0.15) is 20.3 Å². The van der Waals surface area contributed by atoms with Gasteiger partial charge in [0.25, 0.3) is 0 Å². The van der Waals surface area contributed by atoms with Crippen molar-refractivity contribution < 1.29 is 14.3 Å². The van der Waals surface area contributed by atoms with Crippen molar-refractivity contribution in [2.45, 2.75) is 20.3 Å². The summed E-state index contributed by atoms with van der Waals surface area (Å²) in [5, 5.41) is 2.29. The Hall–Kier alpha value is -1.32. The topological polar surface area (TPSA) is 55.4 Å². The summed E-state index contributed by atoms with van der Waals surface area (Å²) in [6.45, 7) is 4.04. The third kappa shape index (κ3) is 5.00. The lowest BCUT2D eigenvalue weighted by Crippen LogP contribution is -2.20. The third-order valence-electron chi connectivity index (χ3n) is 1.41. The van der Waals surface area contributed by atoms with E-state index in [-0.39, 0.29) is 5.70 Å². The van der Waals surface area contributed by atoms with Crippen molar-refractivity contribution in [2.75, 3.05) is 7.11 Å². The summed E-state index contributed by atoms with van der Waals surface area (Å²) in [5.74, 6) is -0.0825. The van der Waals surface area contributed by atoms with Crippen LogP contribution in [0.25, 0.3) is 0 Å². The summed E-state index contributed by atoms with van der Waals surface area (Å²) < 4.78 is 4.47. The molecule has 0 aromatic carbocycles. The second-order valence-corrected chi connectivity index (χ2v) is 3.00. The molecule has 4 heteroatoms. The Kier molecular flexibility index (Phi) is 5.59. The zero-order valence-electron chi connectivity index (χ0n) is 8.16. The average molecular weight is 185 g/mol. The lowest BCUT2D eigenvalue weighted by molar-refractivity contribution is -0.137. The SMILES string of the molecule is COC(=O)/C(=C/CC(C)C)NC=O. The smallest absolute Gasteiger partial charge is 0.354 e. The molecule has 1 amide bonds. The fraction of sp³-hybridized carbons (Fsp3) is 0.556. The zero-order chi connectivity index (χ0) is 10.3. The van der Waals surface area contributed by atoms with Crippen LogP contribution >= 0.6 is 0 Å². The monoisotopic (exact) mass is 185 g/mol. The molecule has 0 unspecified atom stereocenters. The number of esters is 1. The van der Waals surface area contributed by atoms with E-state index in [1.54, 1.807) is 6.08 Å². The van der Waals surface area contributed by atoms with E-state index < -0.39 is 5.97 Å². The molecule has 0 aliphatic rings. The van der Waals surface area contributed by atoms with Crippen LogP contribution in [-0.2, 0) is 14.3 Å². The molecule has 4 nitrogen and oxygen atoms in total. The van der Waals surface area contributed by atoms with Gasteiger partial charge < -0.3 is 10.1 Å². The van der Waals surface area contributed by atoms with Gasteiger partial charge in [0.2, 0.25) is 6.41 Å². The molecule has 0 aromatic rings. The normalized spacial score (nSPS) is 11.2. The number of carbonyl (C=O) groups is 2. The number of ether oxygens (including phenoxy) is 1. The first kappa shape index (κ1) is 11.7. The van der Waals surface area contributed by atoms with Crippen LogP contribution in [0.4, 0.5) is 0 Å². The molecule has 1 N–H and O–H groups in total. The molecule has 0 rings (SSSR count). The van der Waals surface area contributed by atoms with Crippen molar-refractivity contribution in [3.05, 3.63) is 11.8 Å². The standard InChI is InChI=1S/C9H15NO3/c1-7(2)4-5-8(10-6-11)9(12)13-3/h5-7H,4H2,1-3H3,(H,10,11)/b8-5-. The van der Waals surface area contributed by atoms with Crippen LogP contribution in [0.15, 0.2) is 11.8 Å². The molecule has 74 valence electrons. The number of nitrogens with one attached hydrogen (secondary N) is 1. The first-order chi connectivity index (χ1) is 6.11. The molecule has 0 spiro atoms. The fourth-order valence-corrected chi connectivity index (χ4v) is 0.728. The van der Waals surface area contributed by atoms with Crippen molar-refractivity contribution in [1.82, 2.24) is 5.32 Å². The average Bonchev–Trinajstić information content (AvgIpc) is 2.10. The van der Waals surface area contributed by atoms with Gasteiger partial charge in [-0.15, -0.1) is 0 Å². The van der Waals surface area contributed by atoms with E-state index in [1.165, 1.54) is 7.11 Å². The summed E-state index contributed by atoms with van der Waals surface area (Å²) >= 11 is 0. The Morgan fingerprint density at radius 1 is 1.54 bits per heavy atom. The minimum atomic E-state index is -0.521. The number of allylic oxidation sites excluding steroid dienone is 1. The Labute approximate surface area is 78.0 Å². The number of amides is 1. The van der Waals surface area contributed by atoms with Crippen molar-refractivity contribution in [2.24, 2.45) is 5.92 Å². The van der Waals surface area contributed by atoms with E-state index in [9.17, 15) is 9.59 Å². The summed E-state index contributed by atoms with van der Waals surface area (Å²) in [6.07, 6.45) is 2.85. The summed E-state index contributed by atoms with van der Waals surface area (Å²) in [4.78, 5) is 21.1. The Bertz CT molecular complexity index is 209. The van der Waals surface area contributed by atoms with E-state index in [0.29, 0.717) is 12.3 Å². The van der Waals surface area contributed by atoms with Gasteiger partial charge in [-0.2, -0.15) is 0 Å². The Balaban J connectivity index is 4.30. The lowest BCUT2D eigenvalue weighted by atomic mass is 10.1. The van der Waals surface area contributed by atoms with Gasteiger partial charge in [-0.05, 0) is 12.3 Å². The highest BCUT2D eigenvalue weighted by atomic mass is 16.5. The van der Waals surface area contributed by atoms with Gasteiger partial charge in [0.05, 0.1) is 7.11 Å². The van der Waals surface area contributed by atoms with Crippen molar-refractivity contribution in [3.8, 4) is 0 Å². The van der Waals surface area contributed by atoms with E-state index in [0.717, 1.165) is 6.42 Å². The van der Waals surface area contributed by atoms with E-state index in [1.807, 2.05) is 13.8 Å². The van der Waals surface area contributed by atoms with E-state index in [2.05, 4.69) is 10.1 Å². The molecule has 0 fully saturated rings. The molecule has 0 radical (unpaired) electrons. The number of methoxy groups -OCH3 is 1. The first-order valence-corrected chi connectivity index (χ1v) is 4.10. The lowest BCUT2D eigenvalue weighted by Gasteiger charge is -2.04. The van der Waals surface area contributed by atoms with Crippen molar-refractivity contribution >= 4 is 12.4 Å². The molecule has 0 aliphatic heterocycles. The maximum Gasteiger partial charge on any atom is 0.354 e. The van der Waals surface area contributed by atoms with Crippen LogP contribution in [0.2, 0.25) is 0 Å². The molecular weight excluding hydrogens is 170 g/mol. The summed E-state index contributed by atoms with van der Waals surface area (Å²) in [5.41, 5.74) is 0.200. The molecular formula is C9H15NO3. The van der Waals surface area contributed by atoms with Crippen LogP contribution in [0.3, 0.4) is 0 Å². The van der Waals surface area contributed by atoms with Gasteiger partial charge >= 0.3 is 5.97 Å². The summed E-state index contributed by atoms with van der Waals surface area (Å²) in [7, 11) is 1.28. The summed E-state index contributed by atoms with van der Waals surface area (Å²) in [6, 6.07) is 0. The largest absolute Gasteiger partial charge is 0.464 e. The van der Waals surface area contributed by atoms with Crippen molar-refractivity contribution in [3.63, 3.8) is 0 Å². The van der Waals surface area contributed by atoms with Gasteiger partial charge in [0.1, 0.15) is 5.70 Å². The van der Waals surface area contributed by atoms with Crippen LogP contribution in [0, 0.1) is 5.92 Å². The molecule has 0 aromatic heterocycles. The van der Waals surface area contributed by atoms with Gasteiger partial charge in [-0.3, -0.25) is 4.79 Å². The maximum absolute atomic E-state index is 11.0. The molecule has 0 saturated carbocycles. The number of carbonyl (C=O) groups excluding carboxylic acids is 2. The second kappa shape index (κ2) is 6.22. The van der Waals surface area contributed by atoms with Gasteiger partial charge in [0.15, 0.2) is 0 Å². The predicted molar refractivity (Wildman–Crippen MR) is 48.8 cm³/mol. The minimum absolute atomic E-state index is 0.200. The van der Waals surface area contributed by atoms with Gasteiger partial charge in [0, 0.05) is 0 Å². The minimum Gasteiger partial charge on any atom is -0.464 e. The van der Waals surface area contributed by atoms with Crippen LogP contribution in [-0.4, -0.2) is 19.5 Å². The van der Waals surface area contributed by atoms with E-state index >= 15 is 0 Å². The van der Waals surface area contributed by atoms with Crippen molar-refractivity contribution in [1.29, 1.82) is 0 Å². The second-order valence-electron chi connectivity index (χ2n) is 3.00. The number of rotatable bonds is 5. The van der Waals surface area contributed by atoms with E-state index in [4.69, 9.17) is 0 Å². The molecule has 0 saturated heterocycles. The quantitative estimate of drug-likeness (QED) is 0.392. The predicted octanol–water partition coefficient (Wildman–Crippen LogP) is 0.835. The Morgan fingerprint density at radius 3 is 2.54 bits per heavy atom. The molecule has 0 atom stereocenters. The number of hydrogen-bond acceptors (Lipinski definition) is 3. The highest BCUT2D eigenvalue weighted by molar-refractivity contribution is 5.89. The molecule has 0 heterocycles. The van der Waals surface area contributed by atoms with Crippen LogP contribution in [0.5, 0.6) is 0 Å². The molecule has 13 heavy (non-hydrogen) atoms. The zero-order valence-corrected chi connectivity index (χ0v) is 8.16. The van der Waals surface area contributed by atoms with Crippen LogP contribution < -0.4 is 5.32 Å². The highest BCUT2D eigenvalue weighted by Gasteiger charge is 2.07.